The molecule has 0 aromatic carbocycles. The maximum Gasteiger partial charge on any atom is 0.334 e. The summed E-state index contributed by atoms with van der Waals surface area (Å²) in [5.74, 6) is 0.545. The van der Waals surface area contributed by atoms with E-state index >= 15 is 0 Å². The molecular weight excluding hydrogens is 304 g/mol. The molecule has 1 heterocycles. The predicted octanol–water partition coefficient (Wildman–Crippen LogP) is 4.03. The number of esters is 1. The van der Waals surface area contributed by atoms with E-state index in [-0.39, 0.29) is 11.9 Å². The lowest BCUT2D eigenvalue weighted by molar-refractivity contribution is -0.156. The van der Waals surface area contributed by atoms with Crippen molar-refractivity contribution < 1.29 is 19.1 Å². The van der Waals surface area contributed by atoms with Crippen molar-refractivity contribution in [2.24, 2.45) is 11.3 Å². The Hall–Kier alpha value is -1.81. The van der Waals surface area contributed by atoms with Crippen LogP contribution in [0.5, 0.6) is 0 Å². The van der Waals surface area contributed by atoms with Crippen molar-refractivity contribution in [1.82, 2.24) is 0 Å². The van der Waals surface area contributed by atoms with Gasteiger partial charge in [0.1, 0.15) is 11.9 Å². The van der Waals surface area contributed by atoms with Crippen LogP contribution in [-0.2, 0) is 16.0 Å². The van der Waals surface area contributed by atoms with Gasteiger partial charge >= 0.3 is 5.97 Å². The summed E-state index contributed by atoms with van der Waals surface area (Å²) in [6.07, 6.45) is 6.05. The molecule has 0 saturated carbocycles. The predicted molar refractivity (Wildman–Crippen MR) is 91.4 cm³/mol. The summed E-state index contributed by atoms with van der Waals surface area (Å²) in [7, 11) is 0. The van der Waals surface area contributed by atoms with E-state index in [1.54, 1.807) is 19.3 Å². The molecule has 4 heteroatoms. The number of rotatable bonds is 2. The summed E-state index contributed by atoms with van der Waals surface area (Å²) < 4.78 is 11.7. The SMILES string of the molecule is CC=C(C)C(=O)OC1c2c(C)coc2CC2=CCC(O)C(C)C21C. The molecule has 0 bridgehead atoms. The van der Waals surface area contributed by atoms with Crippen LogP contribution >= 0.6 is 0 Å². The first-order chi connectivity index (χ1) is 11.3. The quantitative estimate of drug-likeness (QED) is 0.505. The Morgan fingerprint density at radius 2 is 2.21 bits per heavy atom. The average molecular weight is 330 g/mol. The third kappa shape index (κ3) is 2.35. The van der Waals surface area contributed by atoms with Crippen molar-refractivity contribution in [3.05, 3.63) is 46.4 Å². The van der Waals surface area contributed by atoms with Crippen LogP contribution in [0, 0.1) is 18.3 Å². The average Bonchev–Trinajstić information content (AvgIpc) is 2.93. The highest BCUT2D eigenvalue weighted by Crippen LogP contribution is 2.57. The third-order valence-corrected chi connectivity index (χ3v) is 6.06. The number of carbonyl (C=O) groups is 1. The molecule has 0 amide bonds. The van der Waals surface area contributed by atoms with Gasteiger partial charge in [-0.3, -0.25) is 0 Å². The van der Waals surface area contributed by atoms with Gasteiger partial charge in [0.15, 0.2) is 0 Å². The molecule has 1 N–H and O–H groups in total. The van der Waals surface area contributed by atoms with E-state index in [0.717, 1.165) is 16.9 Å². The summed E-state index contributed by atoms with van der Waals surface area (Å²) in [5, 5.41) is 10.4. The minimum atomic E-state index is -0.446. The van der Waals surface area contributed by atoms with E-state index in [1.165, 1.54) is 5.57 Å². The number of carbonyl (C=O) groups excluding carboxylic acids is 1. The number of hydrogen-bond donors (Lipinski definition) is 1. The van der Waals surface area contributed by atoms with Crippen LogP contribution in [0.1, 0.15) is 57.1 Å². The molecule has 0 radical (unpaired) electrons. The van der Waals surface area contributed by atoms with Crippen molar-refractivity contribution in [1.29, 1.82) is 0 Å². The zero-order chi connectivity index (χ0) is 17.6. The second kappa shape index (κ2) is 5.92. The van der Waals surface area contributed by atoms with E-state index < -0.39 is 17.6 Å². The number of allylic oxidation sites excluding steroid dienone is 1. The van der Waals surface area contributed by atoms with Crippen molar-refractivity contribution in [2.45, 2.75) is 59.7 Å². The smallest absolute Gasteiger partial charge is 0.334 e. The van der Waals surface area contributed by atoms with Gasteiger partial charge in [-0.05, 0) is 38.7 Å². The largest absolute Gasteiger partial charge is 0.468 e. The standard InChI is InChI=1S/C20H26O4/c1-6-11(2)19(22)24-18-17-12(3)10-23-16(17)9-14-7-8-15(21)13(4)20(14,18)5/h6-7,10,13,15,18,21H,8-9H2,1-5H3. The van der Waals surface area contributed by atoms with Crippen LogP contribution in [-0.4, -0.2) is 17.2 Å². The topological polar surface area (TPSA) is 59.7 Å². The van der Waals surface area contributed by atoms with Gasteiger partial charge < -0.3 is 14.3 Å². The van der Waals surface area contributed by atoms with Gasteiger partial charge in [0.2, 0.25) is 0 Å². The minimum Gasteiger partial charge on any atom is -0.468 e. The summed E-state index contributed by atoms with van der Waals surface area (Å²) >= 11 is 0. The fraction of sp³-hybridized carbons (Fsp3) is 0.550. The van der Waals surface area contributed by atoms with Crippen LogP contribution in [0.4, 0.5) is 0 Å². The van der Waals surface area contributed by atoms with Gasteiger partial charge in [0.25, 0.3) is 0 Å². The van der Waals surface area contributed by atoms with Gasteiger partial charge in [0, 0.05) is 23.0 Å². The van der Waals surface area contributed by atoms with E-state index in [4.69, 9.17) is 9.15 Å². The van der Waals surface area contributed by atoms with Crippen LogP contribution in [0.25, 0.3) is 0 Å². The molecule has 4 unspecified atom stereocenters. The van der Waals surface area contributed by atoms with Crippen LogP contribution in [0.2, 0.25) is 0 Å². The maximum absolute atomic E-state index is 12.5. The molecule has 1 aromatic heterocycles. The molecule has 0 spiro atoms. The summed E-state index contributed by atoms with van der Waals surface area (Å²) in [4.78, 5) is 12.5. The highest BCUT2D eigenvalue weighted by Gasteiger charge is 2.53. The monoisotopic (exact) mass is 330 g/mol. The molecule has 0 aliphatic heterocycles. The molecule has 24 heavy (non-hydrogen) atoms. The third-order valence-electron chi connectivity index (χ3n) is 6.06. The molecule has 0 fully saturated rings. The Bertz CT molecular complexity index is 724. The van der Waals surface area contributed by atoms with Crippen molar-refractivity contribution in [3.63, 3.8) is 0 Å². The molecule has 2 aliphatic carbocycles. The van der Waals surface area contributed by atoms with E-state index in [2.05, 4.69) is 13.0 Å². The maximum atomic E-state index is 12.5. The first-order valence-corrected chi connectivity index (χ1v) is 8.59. The summed E-state index contributed by atoms with van der Waals surface area (Å²) in [5.41, 5.74) is 3.31. The van der Waals surface area contributed by atoms with E-state index in [0.29, 0.717) is 18.4 Å². The zero-order valence-electron chi connectivity index (χ0n) is 15.1. The highest BCUT2D eigenvalue weighted by atomic mass is 16.5. The normalized spacial score (nSPS) is 32.7. The van der Waals surface area contributed by atoms with Gasteiger partial charge in [-0.25, -0.2) is 4.79 Å². The number of fused-ring (bicyclic) bond motifs is 2. The Labute approximate surface area is 143 Å². The van der Waals surface area contributed by atoms with Crippen molar-refractivity contribution in [2.75, 3.05) is 0 Å². The zero-order valence-corrected chi connectivity index (χ0v) is 15.1. The van der Waals surface area contributed by atoms with Crippen molar-refractivity contribution >= 4 is 5.97 Å². The second-order valence-electron chi connectivity index (χ2n) is 7.29. The van der Waals surface area contributed by atoms with Crippen LogP contribution < -0.4 is 0 Å². The molecule has 0 saturated heterocycles. The number of aryl methyl sites for hydroxylation is 1. The number of hydrogen-bond acceptors (Lipinski definition) is 4. The number of aliphatic hydroxyl groups is 1. The van der Waals surface area contributed by atoms with Gasteiger partial charge in [-0.1, -0.05) is 31.6 Å². The van der Waals surface area contributed by atoms with Gasteiger partial charge in [-0.15, -0.1) is 0 Å². The van der Waals surface area contributed by atoms with Crippen LogP contribution in [0.3, 0.4) is 0 Å². The lowest BCUT2D eigenvalue weighted by Crippen LogP contribution is -2.47. The Morgan fingerprint density at radius 1 is 1.50 bits per heavy atom. The van der Waals surface area contributed by atoms with Crippen LogP contribution in [0.15, 0.2) is 34.0 Å². The summed E-state index contributed by atoms with van der Waals surface area (Å²) in [6.45, 7) is 9.71. The molecule has 2 aliphatic rings. The molecule has 4 atom stereocenters. The van der Waals surface area contributed by atoms with E-state index in [1.807, 2.05) is 20.8 Å². The molecule has 130 valence electrons. The van der Waals surface area contributed by atoms with Crippen molar-refractivity contribution in [3.8, 4) is 0 Å². The lowest BCUT2D eigenvalue weighted by atomic mass is 9.58. The second-order valence-corrected chi connectivity index (χ2v) is 7.29. The Kier molecular flexibility index (Phi) is 4.20. The van der Waals surface area contributed by atoms with Gasteiger partial charge in [-0.2, -0.15) is 0 Å². The molecule has 1 aromatic rings. The van der Waals surface area contributed by atoms with Gasteiger partial charge in [0.05, 0.1) is 12.4 Å². The van der Waals surface area contributed by atoms with E-state index in [9.17, 15) is 9.90 Å². The number of furan rings is 1. The number of ether oxygens (including phenoxy) is 1. The highest BCUT2D eigenvalue weighted by molar-refractivity contribution is 5.88. The first-order valence-electron chi connectivity index (χ1n) is 8.59. The molecule has 3 rings (SSSR count). The molecular formula is C20H26O4. The summed E-state index contributed by atoms with van der Waals surface area (Å²) in [6, 6.07) is 0. The fourth-order valence-electron chi connectivity index (χ4n) is 4.02. The Balaban J connectivity index is 2.13. The number of aliphatic hydroxyl groups excluding tert-OH is 1. The fourth-order valence-corrected chi connectivity index (χ4v) is 4.02. The Morgan fingerprint density at radius 3 is 2.88 bits per heavy atom. The lowest BCUT2D eigenvalue weighted by Gasteiger charge is -2.50. The minimum absolute atomic E-state index is 0.0105. The first kappa shape index (κ1) is 17.0. The molecule has 4 nitrogen and oxygen atoms in total.